The highest BCUT2D eigenvalue weighted by Gasteiger charge is 2.15. The average molecular weight is 244 g/mol. The first-order valence-corrected chi connectivity index (χ1v) is 5.69. The van der Waals surface area contributed by atoms with E-state index in [9.17, 15) is 8.78 Å². The fourth-order valence-corrected chi connectivity index (χ4v) is 1.62. The summed E-state index contributed by atoms with van der Waals surface area (Å²) in [5.74, 6) is -1.71. The van der Waals surface area contributed by atoms with Crippen LogP contribution in [0, 0.1) is 11.6 Å². The van der Waals surface area contributed by atoms with Gasteiger partial charge in [0.05, 0.1) is 0 Å². The molecule has 1 unspecified atom stereocenters. The van der Waals surface area contributed by atoms with E-state index in [1.807, 2.05) is 0 Å². The highest BCUT2D eigenvalue weighted by Crippen LogP contribution is 2.18. The second-order valence-corrected chi connectivity index (χ2v) is 3.82. The molecule has 1 aromatic rings. The Morgan fingerprint density at radius 3 is 2.71 bits per heavy atom. The van der Waals surface area contributed by atoms with Gasteiger partial charge in [0.2, 0.25) is 0 Å². The van der Waals surface area contributed by atoms with Crippen LogP contribution in [0.1, 0.15) is 24.4 Å². The summed E-state index contributed by atoms with van der Waals surface area (Å²) in [6, 6.07) is 3.67. The first-order chi connectivity index (χ1) is 8.20. The summed E-state index contributed by atoms with van der Waals surface area (Å²) in [7, 11) is 0. The van der Waals surface area contributed by atoms with Gasteiger partial charge in [0.1, 0.15) is 0 Å². The number of nitrogens with two attached hydrogens (primary N) is 1. The molecule has 0 spiro atoms. The summed E-state index contributed by atoms with van der Waals surface area (Å²) in [5.41, 5.74) is 5.78. The monoisotopic (exact) mass is 244 g/mol. The number of hydrogen-bond donors (Lipinski definition) is 3. The molecule has 1 aromatic carbocycles. The molecule has 1 atom stereocenters. The van der Waals surface area contributed by atoms with E-state index in [2.05, 4.69) is 5.32 Å². The quantitative estimate of drug-likeness (QED) is 0.634. The Labute approximate surface area is 99.6 Å². The molecular weight excluding hydrogens is 226 g/mol. The van der Waals surface area contributed by atoms with Crippen LogP contribution in [0.5, 0.6) is 0 Å². The predicted octanol–water partition coefficient (Wildman–Crippen LogP) is 1.33. The maximum atomic E-state index is 13.5. The summed E-state index contributed by atoms with van der Waals surface area (Å²) in [5, 5.41) is 11.7. The van der Waals surface area contributed by atoms with Crippen molar-refractivity contribution < 1.29 is 13.9 Å². The highest BCUT2D eigenvalue weighted by molar-refractivity contribution is 5.22. The first kappa shape index (κ1) is 14.0. The normalized spacial score (nSPS) is 12.7. The van der Waals surface area contributed by atoms with Crippen molar-refractivity contribution in [1.82, 2.24) is 5.32 Å². The molecule has 17 heavy (non-hydrogen) atoms. The number of hydrogen-bond acceptors (Lipinski definition) is 3. The van der Waals surface area contributed by atoms with Gasteiger partial charge in [-0.05, 0) is 25.5 Å². The number of aliphatic hydroxyl groups excluding tert-OH is 1. The summed E-state index contributed by atoms with van der Waals surface area (Å²) in [6.07, 6.45) is 1.44. The van der Waals surface area contributed by atoms with Gasteiger partial charge < -0.3 is 16.2 Å². The van der Waals surface area contributed by atoms with E-state index in [1.165, 1.54) is 12.1 Å². The van der Waals surface area contributed by atoms with E-state index < -0.39 is 17.7 Å². The highest BCUT2D eigenvalue weighted by atomic mass is 19.2. The van der Waals surface area contributed by atoms with Gasteiger partial charge in [0.15, 0.2) is 11.6 Å². The van der Waals surface area contributed by atoms with Crippen molar-refractivity contribution >= 4 is 0 Å². The Balaban J connectivity index is 2.63. The van der Waals surface area contributed by atoms with Crippen LogP contribution in [0.25, 0.3) is 0 Å². The number of unbranched alkanes of at least 4 members (excludes halogenated alkanes) is 1. The first-order valence-electron chi connectivity index (χ1n) is 5.69. The van der Waals surface area contributed by atoms with Gasteiger partial charge in [-0.1, -0.05) is 12.1 Å². The molecule has 0 aromatic heterocycles. The van der Waals surface area contributed by atoms with E-state index in [0.29, 0.717) is 13.0 Å². The van der Waals surface area contributed by atoms with Gasteiger partial charge >= 0.3 is 0 Å². The SMILES string of the molecule is NCC(NCCCCO)c1cccc(F)c1F. The molecule has 0 aliphatic rings. The lowest BCUT2D eigenvalue weighted by atomic mass is 10.1. The Morgan fingerprint density at radius 2 is 2.06 bits per heavy atom. The summed E-state index contributed by atoms with van der Waals surface area (Å²) >= 11 is 0. The maximum absolute atomic E-state index is 13.5. The van der Waals surface area contributed by atoms with Crippen molar-refractivity contribution in [2.75, 3.05) is 19.7 Å². The lowest BCUT2D eigenvalue weighted by Gasteiger charge is -2.18. The average Bonchev–Trinajstić information content (AvgIpc) is 2.34. The fourth-order valence-electron chi connectivity index (χ4n) is 1.62. The third-order valence-corrected chi connectivity index (χ3v) is 2.57. The minimum absolute atomic E-state index is 0.128. The zero-order valence-corrected chi connectivity index (χ0v) is 9.63. The standard InChI is InChI=1S/C12H18F2N2O/c13-10-5-3-4-9(12(10)14)11(8-15)16-6-1-2-7-17/h3-5,11,16-17H,1-2,6-8,15H2. The van der Waals surface area contributed by atoms with E-state index in [0.717, 1.165) is 12.5 Å². The fraction of sp³-hybridized carbons (Fsp3) is 0.500. The van der Waals surface area contributed by atoms with Crippen LogP contribution >= 0.6 is 0 Å². The van der Waals surface area contributed by atoms with Gasteiger partial charge in [0, 0.05) is 24.8 Å². The molecule has 96 valence electrons. The van der Waals surface area contributed by atoms with E-state index in [4.69, 9.17) is 10.8 Å². The molecule has 0 radical (unpaired) electrons. The van der Waals surface area contributed by atoms with Crippen LogP contribution in [0.15, 0.2) is 18.2 Å². The van der Waals surface area contributed by atoms with Gasteiger partial charge in [-0.3, -0.25) is 0 Å². The van der Waals surface area contributed by atoms with Crippen molar-refractivity contribution in [2.45, 2.75) is 18.9 Å². The number of nitrogens with one attached hydrogen (secondary N) is 1. The molecule has 0 saturated heterocycles. The number of aliphatic hydroxyl groups is 1. The molecule has 5 heteroatoms. The van der Waals surface area contributed by atoms with Crippen molar-refractivity contribution in [2.24, 2.45) is 5.73 Å². The van der Waals surface area contributed by atoms with Gasteiger partial charge in [0.25, 0.3) is 0 Å². The minimum Gasteiger partial charge on any atom is -0.396 e. The van der Waals surface area contributed by atoms with Crippen LogP contribution in [0.3, 0.4) is 0 Å². The van der Waals surface area contributed by atoms with E-state index in [-0.39, 0.29) is 18.7 Å². The second-order valence-electron chi connectivity index (χ2n) is 3.82. The van der Waals surface area contributed by atoms with Crippen LogP contribution in [0.4, 0.5) is 8.78 Å². The molecule has 4 N–H and O–H groups in total. The van der Waals surface area contributed by atoms with Crippen LogP contribution in [-0.2, 0) is 0 Å². The lowest BCUT2D eigenvalue weighted by Crippen LogP contribution is -2.30. The zero-order chi connectivity index (χ0) is 12.7. The Morgan fingerprint density at radius 1 is 1.29 bits per heavy atom. The molecule has 0 aliphatic carbocycles. The molecule has 0 heterocycles. The van der Waals surface area contributed by atoms with Gasteiger partial charge in [-0.2, -0.15) is 0 Å². The molecule has 0 saturated carbocycles. The van der Waals surface area contributed by atoms with Gasteiger partial charge in [-0.25, -0.2) is 8.78 Å². The van der Waals surface area contributed by atoms with Crippen molar-refractivity contribution in [3.8, 4) is 0 Å². The lowest BCUT2D eigenvalue weighted by molar-refractivity contribution is 0.282. The van der Waals surface area contributed by atoms with Crippen molar-refractivity contribution in [1.29, 1.82) is 0 Å². The Kier molecular flexibility index (Phi) is 6.04. The minimum atomic E-state index is -0.863. The third kappa shape index (κ3) is 4.03. The topological polar surface area (TPSA) is 58.3 Å². The Bertz CT molecular complexity index is 347. The van der Waals surface area contributed by atoms with E-state index >= 15 is 0 Å². The van der Waals surface area contributed by atoms with Crippen LogP contribution in [-0.4, -0.2) is 24.8 Å². The molecule has 1 rings (SSSR count). The Hall–Kier alpha value is -1.04. The summed E-state index contributed by atoms with van der Waals surface area (Å²) < 4.78 is 26.5. The van der Waals surface area contributed by atoms with Crippen LogP contribution in [0.2, 0.25) is 0 Å². The molecule has 0 bridgehead atoms. The zero-order valence-electron chi connectivity index (χ0n) is 9.63. The number of benzene rings is 1. The molecule has 0 fully saturated rings. The third-order valence-electron chi connectivity index (χ3n) is 2.57. The number of rotatable bonds is 7. The molecule has 0 aliphatic heterocycles. The van der Waals surface area contributed by atoms with Crippen molar-refractivity contribution in [3.05, 3.63) is 35.4 Å². The number of halogens is 2. The molecular formula is C12H18F2N2O. The summed E-state index contributed by atoms with van der Waals surface area (Å²) in [4.78, 5) is 0. The largest absolute Gasteiger partial charge is 0.396 e. The summed E-state index contributed by atoms with van der Waals surface area (Å²) in [6.45, 7) is 0.932. The maximum Gasteiger partial charge on any atom is 0.163 e. The smallest absolute Gasteiger partial charge is 0.163 e. The van der Waals surface area contributed by atoms with Crippen molar-refractivity contribution in [3.63, 3.8) is 0 Å². The molecule has 0 amide bonds. The predicted molar refractivity (Wildman–Crippen MR) is 62.5 cm³/mol. The van der Waals surface area contributed by atoms with Gasteiger partial charge in [-0.15, -0.1) is 0 Å². The second kappa shape index (κ2) is 7.32. The van der Waals surface area contributed by atoms with Crippen LogP contribution < -0.4 is 11.1 Å². The molecule has 3 nitrogen and oxygen atoms in total. The van der Waals surface area contributed by atoms with E-state index in [1.54, 1.807) is 0 Å².